The molecular weight excluding hydrogens is 228 g/mol. The first-order valence-electron chi connectivity index (χ1n) is 4.53. The summed E-state index contributed by atoms with van der Waals surface area (Å²) in [6.45, 7) is 3.28. The molecule has 0 bridgehead atoms. The lowest BCUT2D eigenvalue weighted by molar-refractivity contribution is -0.117. The molecule has 0 spiro atoms. The lowest BCUT2D eigenvalue weighted by Gasteiger charge is -2.16. The van der Waals surface area contributed by atoms with Crippen LogP contribution in [0.15, 0.2) is 18.5 Å². The molecule has 2 N–H and O–H groups in total. The summed E-state index contributed by atoms with van der Waals surface area (Å²) in [4.78, 5) is 25.9. The van der Waals surface area contributed by atoms with Gasteiger partial charge in [-0.25, -0.2) is 4.79 Å². The van der Waals surface area contributed by atoms with Gasteiger partial charge in [0.2, 0.25) is 5.91 Å². The van der Waals surface area contributed by atoms with Gasteiger partial charge in [-0.2, -0.15) is 12.6 Å². The normalized spacial score (nSPS) is 10.9. The van der Waals surface area contributed by atoms with Crippen LogP contribution in [0.2, 0.25) is 0 Å². The number of carboxylic acids is 1. The van der Waals surface area contributed by atoms with Gasteiger partial charge in [-0.3, -0.25) is 9.78 Å². The Balaban J connectivity index is 2.87. The van der Waals surface area contributed by atoms with E-state index in [1.165, 1.54) is 18.5 Å². The number of hydrogen-bond donors (Lipinski definition) is 3. The molecule has 1 heterocycles. The number of carbonyl (C=O) groups excluding carboxylic acids is 1. The summed E-state index contributed by atoms with van der Waals surface area (Å²) in [5.74, 6) is -1.41. The van der Waals surface area contributed by atoms with Crippen LogP contribution in [0.1, 0.15) is 24.2 Å². The SMILES string of the molecule is CC(C)(S)C(=O)Nc1cncc(C(=O)O)c1. The Bertz CT molecular complexity index is 426. The van der Waals surface area contributed by atoms with Crippen LogP contribution in [-0.2, 0) is 4.79 Å². The number of nitrogens with zero attached hydrogens (tertiary/aromatic N) is 1. The molecule has 16 heavy (non-hydrogen) atoms. The summed E-state index contributed by atoms with van der Waals surface area (Å²) in [7, 11) is 0. The van der Waals surface area contributed by atoms with E-state index in [4.69, 9.17) is 5.11 Å². The molecule has 0 aliphatic rings. The van der Waals surface area contributed by atoms with Gasteiger partial charge >= 0.3 is 5.97 Å². The van der Waals surface area contributed by atoms with Gasteiger partial charge in [0.15, 0.2) is 0 Å². The highest BCUT2D eigenvalue weighted by molar-refractivity contribution is 7.82. The number of anilines is 1. The molecular formula is C10H12N2O3S. The molecule has 0 atom stereocenters. The quantitative estimate of drug-likeness (QED) is 0.698. The third-order valence-electron chi connectivity index (χ3n) is 1.80. The molecule has 0 aliphatic heterocycles. The van der Waals surface area contributed by atoms with Crippen molar-refractivity contribution in [3.8, 4) is 0 Å². The zero-order chi connectivity index (χ0) is 12.3. The molecule has 86 valence electrons. The van der Waals surface area contributed by atoms with Gasteiger partial charge in [0, 0.05) is 6.20 Å². The van der Waals surface area contributed by atoms with E-state index in [-0.39, 0.29) is 11.5 Å². The molecule has 0 unspecified atom stereocenters. The number of carboxylic acid groups (broad SMARTS) is 1. The van der Waals surface area contributed by atoms with Crippen molar-refractivity contribution in [3.63, 3.8) is 0 Å². The summed E-state index contributed by atoms with van der Waals surface area (Å²) in [6.07, 6.45) is 2.59. The second kappa shape index (κ2) is 4.52. The highest BCUT2D eigenvalue weighted by atomic mass is 32.1. The van der Waals surface area contributed by atoms with E-state index in [2.05, 4.69) is 22.9 Å². The molecule has 0 saturated carbocycles. The summed E-state index contributed by atoms with van der Waals surface area (Å²) in [5.41, 5.74) is 0.363. The van der Waals surface area contributed by atoms with E-state index in [0.717, 1.165) is 0 Å². The first-order chi connectivity index (χ1) is 7.30. The van der Waals surface area contributed by atoms with E-state index in [0.29, 0.717) is 5.69 Å². The van der Waals surface area contributed by atoms with Crippen molar-refractivity contribution < 1.29 is 14.7 Å². The van der Waals surface area contributed by atoms with Gasteiger partial charge in [-0.15, -0.1) is 0 Å². The summed E-state index contributed by atoms with van der Waals surface area (Å²) >= 11 is 4.10. The smallest absolute Gasteiger partial charge is 0.337 e. The highest BCUT2D eigenvalue weighted by Gasteiger charge is 2.22. The molecule has 1 amide bonds. The highest BCUT2D eigenvalue weighted by Crippen LogP contribution is 2.16. The second-order valence-electron chi connectivity index (χ2n) is 3.78. The fraction of sp³-hybridized carbons (Fsp3) is 0.300. The molecule has 1 aromatic rings. The van der Waals surface area contributed by atoms with Gasteiger partial charge in [0.1, 0.15) is 0 Å². The van der Waals surface area contributed by atoms with Gasteiger partial charge in [0.25, 0.3) is 0 Å². The molecule has 0 aromatic carbocycles. The molecule has 5 nitrogen and oxygen atoms in total. The Morgan fingerprint density at radius 1 is 1.44 bits per heavy atom. The molecule has 0 aliphatic carbocycles. The maximum absolute atomic E-state index is 11.6. The minimum Gasteiger partial charge on any atom is -0.478 e. The van der Waals surface area contributed by atoms with Crippen LogP contribution in [0.3, 0.4) is 0 Å². The van der Waals surface area contributed by atoms with Crippen molar-refractivity contribution in [2.24, 2.45) is 0 Å². The molecule has 0 fully saturated rings. The zero-order valence-corrected chi connectivity index (χ0v) is 9.78. The van der Waals surface area contributed by atoms with Crippen molar-refractivity contribution in [1.29, 1.82) is 0 Å². The summed E-state index contributed by atoms with van der Waals surface area (Å²) in [6, 6.07) is 1.34. The molecule has 1 aromatic heterocycles. The molecule has 0 saturated heterocycles. The monoisotopic (exact) mass is 240 g/mol. The van der Waals surface area contributed by atoms with Gasteiger partial charge in [-0.05, 0) is 19.9 Å². The number of aromatic carboxylic acids is 1. The van der Waals surface area contributed by atoms with Crippen molar-refractivity contribution in [2.45, 2.75) is 18.6 Å². The number of carbonyl (C=O) groups is 2. The minimum atomic E-state index is -1.09. The van der Waals surface area contributed by atoms with Crippen LogP contribution in [0.25, 0.3) is 0 Å². The maximum atomic E-state index is 11.6. The van der Waals surface area contributed by atoms with Crippen LogP contribution >= 0.6 is 12.6 Å². The Hall–Kier alpha value is -1.56. The zero-order valence-electron chi connectivity index (χ0n) is 8.89. The second-order valence-corrected chi connectivity index (χ2v) is 4.90. The Morgan fingerprint density at radius 3 is 2.56 bits per heavy atom. The Labute approximate surface area is 98.3 Å². The molecule has 6 heteroatoms. The topological polar surface area (TPSA) is 79.3 Å². The first kappa shape index (κ1) is 12.5. The lowest BCUT2D eigenvalue weighted by atomic mass is 10.2. The predicted octanol–water partition coefficient (Wildman–Crippen LogP) is 1.43. The van der Waals surface area contributed by atoms with Crippen LogP contribution in [0.4, 0.5) is 5.69 Å². The number of thiol groups is 1. The van der Waals surface area contributed by atoms with E-state index in [1.54, 1.807) is 13.8 Å². The third kappa shape index (κ3) is 3.23. The summed E-state index contributed by atoms with van der Waals surface area (Å²) in [5, 5.41) is 11.3. The van der Waals surface area contributed by atoms with Gasteiger partial charge in [0.05, 0.1) is 22.2 Å². The van der Waals surface area contributed by atoms with Crippen LogP contribution in [-0.4, -0.2) is 26.7 Å². The van der Waals surface area contributed by atoms with Crippen LogP contribution in [0.5, 0.6) is 0 Å². The van der Waals surface area contributed by atoms with E-state index >= 15 is 0 Å². The van der Waals surface area contributed by atoms with Crippen LogP contribution in [0, 0.1) is 0 Å². The largest absolute Gasteiger partial charge is 0.478 e. The Kier molecular flexibility index (Phi) is 3.54. The fourth-order valence-electron chi connectivity index (χ4n) is 0.909. The van der Waals surface area contributed by atoms with E-state index < -0.39 is 10.7 Å². The average molecular weight is 240 g/mol. The summed E-state index contributed by atoms with van der Waals surface area (Å²) < 4.78 is -0.834. The lowest BCUT2D eigenvalue weighted by Crippen LogP contribution is -2.31. The third-order valence-corrected chi connectivity index (χ3v) is 2.00. The number of amides is 1. The minimum absolute atomic E-state index is 0.0229. The van der Waals surface area contributed by atoms with Gasteiger partial charge < -0.3 is 10.4 Å². The van der Waals surface area contributed by atoms with Crippen molar-refractivity contribution in [1.82, 2.24) is 4.98 Å². The van der Waals surface area contributed by atoms with Gasteiger partial charge in [-0.1, -0.05) is 0 Å². The Morgan fingerprint density at radius 2 is 2.06 bits per heavy atom. The fourth-order valence-corrected chi connectivity index (χ4v) is 0.965. The maximum Gasteiger partial charge on any atom is 0.337 e. The first-order valence-corrected chi connectivity index (χ1v) is 4.97. The van der Waals surface area contributed by atoms with E-state index in [1.807, 2.05) is 0 Å². The number of pyridine rings is 1. The standard InChI is InChI=1S/C10H12N2O3S/c1-10(2,16)9(15)12-7-3-6(8(13)14)4-11-5-7/h3-5,16H,1-2H3,(H,12,15)(H,13,14). The predicted molar refractivity (Wildman–Crippen MR) is 62.9 cm³/mol. The van der Waals surface area contributed by atoms with Crippen molar-refractivity contribution in [3.05, 3.63) is 24.0 Å². The molecule has 1 rings (SSSR count). The van der Waals surface area contributed by atoms with Crippen LogP contribution < -0.4 is 5.32 Å². The number of aromatic nitrogens is 1. The number of nitrogens with one attached hydrogen (secondary N) is 1. The van der Waals surface area contributed by atoms with E-state index in [9.17, 15) is 9.59 Å². The van der Waals surface area contributed by atoms with Crippen molar-refractivity contribution in [2.75, 3.05) is 5.32 Å². The number of hydrogen-bond acceptors (Lipinski definition) is 4. The van der Waals surface area contributed by atoms with Crippen molar-refractivity contribution >= 4 is 30.2 Å². The average Bonchev–Trinajstić information content (AvgIpc) is 2.16. The molecule has 0 radical (unpaired) electrons. The number of rotatable bonds is 3.